The van der Waals surface area contributed by atoms with Crippen molar-refractivity contribution in [2.75, 3.05) is 16.6 Å². The molecule has 1 fully saturated rings. The second-order valence-corrected chi connectivity index (χ2v) is 8.84. The van der Waals surface area contributed by atoms with E-state index in [9.17, 15) is 22.4 Å². The molecule has 35 heavy (non-hydrogen) atoms. The predicted octanol–water partition coefficient (Wildman–Crippen LogP) is 5.83. The lowest BCUT2D eigenvalue weighted by atomic mass is 10.0. The molecule has 0 amide bonds. The van der Waals surface area contributed by atoms with E-state index in [2.05, 4.69) is 25.0 Å². The Hall–Kier alpha value is -3.67. The van der Waals surface area contributed by atoms with E-state index < -0.39 is 45.3 Å². The Morgan fingerprint density at radius 2 is 1.86 bits per heavy atom. The number of anilines is 2. The number of hydrogen-bond acceptors (Lipinski definition) is 6. The van der Waals surface area contributed by atoms with Crippen LogP contribution in [-0.2, 0) is 0 Å². The van der Waals surface area contributed by atoms with Crippen LogP contribution in [0.2, 0.25) is 0 Å². The fourth-order valence-electron chi connectivity index (χ4n) is 3.53. The first-order valence-electron chi connectivity index (χ1n) is 10.5. The van der Waals surface area contributed by atoms with Crippen molar-refractivity contribution in [3.05, 3.63) is 77.0 Å². The van der Waals surface area contributed by atoms with Crippen molar-refractivity contribution >= 4 is 40.3 Å². The van der Waals surface area contributed by atoms with E-state index in [4.69, 9.17) is 0 Å². The van der Waals surface area contributed by atoms with Gasteiger partial charge >= 0.3 is 0 Å². The summed E-state index contributed by atoms with van der Waals surface area (Å²) in [6.07, 6.45) is 4.77. The fourth-order valence-corrected chi connectivity index (χ4v) is 4.27. The Kier molecular flexibility index (Phi) is 6.05. The van der Waals surface area contributed by atoms with E-state index >= 15 is 4.39 Å². The Balaban J connectivity index is 1.47. The van der Waals surface area contributed by atoms with Crippen molar-refractivity contribution < 1.29 is 26.7 Å². The number of carbonyl (C=O) groups excluding carboxylic acids is 1. The highest BCUT2D eigenvalue weighted by atomic mass is 32.2. The maximum Gasteiger partial charge on any atom is 0.201 e. The summed E-state index contributed by atoms with van der Waals surface area (Å²) in [4.78, 5) is 23.8. The molecule has 5 rings (SSSR count). The third-order valence-corrected chi connectivity index (χ3v) is 6.36. The molecular formula is C23H16F5N5OS. The molecule has 2 aromatic heterocycles. The van der Waals surface area contributed by atoms with Crippen LogP contribution in [0.5, 0.6) is 0 Å². The van der Waals surface area contributed by atoms with E-state index in [1.165, 1.54) is 12.5 Å². The van der Waals surface area contributed by atoms with E-state index in [1.54, 1.807) is 0 Å². The number of aromatic nitrogens is 3. The molecule has 0 atom stereocenters. The molecule has 1 saturated carbocycles. The van der Waals surface area contributed by atoms with Gasteiger partial charge in [-0.15, -0.1) is 0 Å². The molecule has 1 aliphatic carbocycles. The maximum absolute atomic E-state index is 15.3. The fraction of sp³-hybridized carbons (Fsp3) is 0.174. The molecule has 0 bridgehead atoms. The Labute approximate surface area is 199 Å². The molecular weight excluding hydrogens is 489 g/mol. The molecule has 3 N–H and O–H groups in total. The Morgan fingerprint density at radius 3 is 2.63 bits per heavy atom. The molecule has 6 nitrogen and oxygen atoms in total. The predicted molar refractivity (Wildman–Crippen MR) is 121 cm³/mol. The summed E-state index contributed by atoms with van der Waals surface area (Å²) in [6.45, 7) is 0.640. The summed E-state index contributed by atoms with van der Waals surface area (Å²) in [5.41, 5.74) is -0.970. The molecule has 0 spiro atoms. The van der Waals surface area contributed by atoms with Crippen LogP contribution in [0.4, 0.5) is 33.5 Å². The number of H-pyrrole nitrogens is 1. The number of nitrogens with zero attached hydrogens (tertiary/aromatic N) is 2. The first-order chi connectivity index (χ1) is 16.8. The topological polar surface area (TPSA) is 82.7 Å². The van der Waals surface area contributed by atoms with Crippen LogP contribution in [0.25, 0.3) is 11.0 Å². The van der Waals surface area contributed by atoms with Gasteiger partial charge in [0.2, 0.25) is 5.78 Å². The molecule has 0 aliphatic heterocycles. The maximum atomic E-state index is 15.3. The molecule has 0 saturated heterocycles. The van der Waals surface area contributed by atoms with Gasteiger partial charge in [0.25, 0.3) is 0 Å². The minimum Gasteiger partial charge on any atom is -0.369 e. The lowest BCUT2D eigenvalue weighted by Crippen LogP contribution is -2.11. The summed E-state index contributed by atoms with van der Waals surface area (Å²) in [6, 6.07) is 2.93. The Bertz CT molecular complexity index is 1460. The third kappa shape index (κ3) is 4.53. The molecule has 1 aliphatic rings. The van der Waals surface area contributed by atoms with Gasteiger partial charge in [0.15, 0.2) is 17.5 Å². The van der Waals surface area contributed by atoms with Crippen LogP contribution in [0, 0.1) is 35.0 Å². The van der Waals surface area contributed by atoms with Crippen LogP contribution in [0.15, 0.2) is 41.7 Å². The number of carbonyl (C=O) groups is 1. The van der Waals surface area contributed by atoms with Crippen LogP contribution in [0.3, 0.4) is 0 Å². The zero-order valence-electron chi connectivity index (χ0n) is 17.8. The van der Waals surface area contributed by atoms with Crippen LogP contribution in [0.1, 0.15) is 28.8 Å². The van der Waals surface area contributed by atoms with Gasteiger partial charge < -0.3 is 15.0 Å². The molecule has 2 heterocycles. The second kappa shape index (κ2) is 9.17. The zero-order valence-corrected chi connectivity index (χ0v) is 18.6. The largest absolute Gasteiger partial charge is 0.369 e. The molecule has 180 valence electrons. The highest BCUT2D eigenvalue weighted by molar-refractivity contribution is 8.00. The highest BCUT2D eigenvalue weighted by Crippen LogP contribution is 2.33. The lowest BCUT2D eigenvalue weighted by Gasteiger charge is -2.12. The highest BCUT2D eigenvalue weighted by Gasteiger charge is 2.27. The summed E-state index contributed by atoms with van der Waals surface area (Å²) in [5.74, 6) is -6.26. The van der Waals surface area contributed by atoms with Crippen molar-refractivity contribution in [1.29, 1.82) is 0 Å². The summed E-state index contributed by atoms with van der Waals surface area (Å²) in [5, 5.41) is 3.45. The van der Waals surface area contributed by atoms with Crippen molar-refractivity contribution in [3.63, 3.8) is 0 Å². The van der Waals surface area contributed by atoms with Crippen molar-refractivity contribution in [2.24, 2.45) is 5.92 Å². The van der Waals surface area contributed by atoms with E-state index in [-0.39, 0.29) is 11.3 Å². The number of halogens is 5. The molecule has 12 heteroatoms. The first-order valence-corrected chi connectivity index (χ1v) is 11.3. The molecule has 2 aromatic carbocycles. The number of fused-ring (bicyclic) bond motifs is 1. The first kappa shape index (κ1) is 23.1. The Morgan fingerprint density at radius 1 is 1.06 bits per heavy atom. The molecule has 4 aromatic rings. The van der Waals surface area contributed by atoms with Gasteiger partial charge in [-0.25, -0.2) is 31.9 Å². The minimum absolute atomic E-state index is 0.0419. The van der Waals surface area contributed by atoms with Gasteiger partial charge in [-0.2, -0.15) is 0 Å². The summed E-state index contributed by atoms with van der Waals surface area (Å²) in [7, 11) is 0. The number of nitrogens with one attached hydrogen (secondary N) is 3. The molecule has 0 unspecified atom stereocenters. The van der Waals surface area contributed by atoms with Gasteiger partial charge in [-0.1, -0.05) is 0 Å². The monoisotopic (exact) mass is 505 g/mol. The lowest BCUT2D eigenvalue weighted by molar-refractivity contribution is 0.103. The van der Waals surface area contributed by atoms with Crippen molar-refractivity contribution in [3.8, 4) is 0 Å². The van der Waals surface area contributed by atoms with Gasteiger partial charge in [-0.05, 0) is 48.9 Å². The number of ketones is 1. The van der Waals surface area contributed by atoms with Gasteiger partial charge in [0.1, 0.15) is 29.4 Å². The smallest absolute Gasteiger partial charge is 0.201 e. The third-order valence-electron chi connectivity index (χ3n) is 5.52. The molecule has 0 radical (unpaired) electrons. The summed E-state index contributed by atoms with van der Waals surface area (Å²) >= 11 is 0.372. The van der Waals surface area contributed by atoms with Gasteiger partial charge in [0, 0.05) is 18.8 Å². The van der Waals surface area contributed by atoms with Crippen molar-refractivity contribution in [2.45, 2.75) is 17.7 Å². The van der Waals surface area contributed by atoms with Gasteiger partial charge in [0.05, 0.1) is 27.1 Å². The number of benzene rings is 2. The normalized spacial score (nSPS) is 13.3. The van der Waals surface area contributed by atoms with E-state index in [0.29, 0.717) is 53.4 Å². The zero-order chi connectivity index (χ0) is 24.7. The summed E-state index contributed by atoms with van der Waals surface area (Å²) < 4.78 is 73.1. The number of rotatable bonds is 8. The average Bonchev–Trinajstić information content (AvgIpc) is 3.56. The van der Waals surface area contributed by atoms with E-state index in [0.717, 1.165) is 25.0 Å². The van der Waals surface area contributed by atoms with Crippen LogP contribution >= 0.6 is 11.9 Å². The van der Waals surface area contributed by atoms with Crippen LogP contribution in [-0.4, -0.2) is 27.3 Å². The quantitative estimate of drug-likeness (QED) is 0.121. The SMILES string of the molecule is O=C(c1c(F)ccc(NSc2cc(F)cc(F)c2F)c1F)c1c[nH]c2ncnc(NCC3CC3)c12. The second-order valence-electron chi connectivity index (χ2n) is 7.99. The average molecular weight is 505 g/mol. The van der Waals surface area contributed by atoms with Crippen molar-refractivity contribution in [1.82, 2.24) is 15.0 Å². The van der Waals surface area contributed by atoms with Gasteiger partial charge in [-0.3, -0.25) is 4.79 Å². The van der Waals surface area contributed by atoms with Crippen LogP contribution < -0.4 is 10.0 Å². The van der Waals surface area contributed by atoms with E-state index in [1.807, 2.05) is 0 Å². The standard InChI is InChI=1S/C23H16F5N5OS/c24-11-5-14(26)19(27)16(6-11)35-33-15-4-3-13(25)18(20(15)28)21(34)12-8-30-23-17(12)22(31-9-32-23)29-7-10-1-2-10/h3-6,8-10,33H,1-2,7H2,(H2,29,30,31,32). The minimum atomic E-state index is -1.42. The number of hydrogen-bond donors (Lipinski definition) is 3. The number of aromatic amines is 1.